The fourth-order valence-corrected chi connectivity index (χ4v) is 3.58. The lowest BCUT2D eigenvalue weighted by molar-refractivity contribution is 0.414. The minimum absolute atomic E-state index is 0.342. The zero-order valence-electron chi connectivity index (χ0n) is 10.8. The summed E-state index contributed by atoms with van der Waals surface area (Å²) in [5.74, 6) is 0. The number of fused-ring (bicyclic) bond motifs is 2. The van der Waals surface area contributed by atoms with E-state index >= 15 is 0 Å². The standard InChI is InChI=1S/C15H19N3/c1-10-2-5-15(11(6-10)9-16)18-13-3-4-14(18)8-12(17)7-13/h2,5-6,12-14H,3-4,7-8,17H2,1H3. The number of rotatable bonds is 1. The first kappa shape index (κ1) is 11.6. The summed E-state index contributed by atoms with van der Waals surface area (Å²) in [6, 6.07) is 9.95. The molecule has 0 saturated carbocycles. The molecule has 2 saturated heterocycles. The van der Waals surface area contributed by atoms with Crippen molar-refractivity contribution in [1.29, 1.82) is 5.26 Å². The maximum absolute atomic E-state index is 9.32. The van der Waals surface area contributed by atoms with E-state index in [9.17, 15) is 5.26 Å². The Morgan fingerprint density at radius 1 is 1.28 bits per heavy atom. The summed E-state index contributed by atoms with van der Waals surface area (Å²) in [5, 5.41) is 9.32. The van der Waals surface area contributed by atoms with Crippen molar-refractivity contribution in [2.24, 2.45) is 5.73 Å². The van der Waals surface area contributed by atoms with Gasteiger partial charge in [0, 0.05) is 18.1 Å². The van der Waals surface area contributed by atoms with Gasteiger partial charge in [-0.15, -0.1) is 0 Å². The second-order valence-electron chi connectivity index (χ2n) is 5.66. The molecule has 0 aromatic heterocycles. The first-order valence-electron chi connectivity index (χ1n) is 6.73. The van der Waals surface area contributed by atoms with Crippen molar-refractivity contribution in [1.82, 2.24) is 0 Å². The van der Waals surface area contributed by atoms with Crippen molar-refractivity contribution in [2.45, 2.75) is 50.7 Å². The van der Waals surface area contributed by atoms with Gasteiger partial charge in [-0.25, -0.2) is 0 Å². The number of nitriles is 1. The summed E-state index contributed by atoms with van der Waals surface area (Å²) < 4.78 is 0. The Bertz CT molecular complexity index is 489. The van der Waals surface area contributed by atoms with Gasteiger partial charge in [0.2, 0.25) is 0 Å². The Kier molecular flexibility index (Phi) is 2.76. The van der Waals surface area contributed by atoms with Crippen molar-refractivity contribution in [2.75, 3.05) is 4.90 Å². The molecule has 2 N–H and O–H groups in total. The number of hydrogen-bond donors (Lipinski definition) is 1. The molecule has 2 bridgehead atoms. The topological polar surface area (TPSA) is 53.0 Å². The van der Waals surface area contributed by atoms with Crippen molar-refractivity contribution in [3.05, 3.63) is 29.3 Å². The van der Waals surface area contributed by atoms with Gasteiger partial charge in [-0.3, -0.25) is 0 Å². The summed E-state index contributed by atoms with van der Waals surface area (Å²) in [6.07, 6.45) is 4.57. The first-order valence-corrected chi connectivity index (χ1v) is 6.73. The van der Waals surface area contributed by atoms with Gasteiger partial charge < -0.3 is 10.6 Å². The molecule has 2 aliphatic heterocycles. The largest absolute Gasteiger partial charge is 0.364 e. The molecule has 3 nitrogen and oxygen atoms in total. The van der Waals surface area contributed by atoms with Crippen LogP contribution >= 0.6 is 0 Å². The molecular formula is C15H19N3. The summed E-state index contributed by atoms with van der Waals surface area (Å²) in [4.78, 5) is 2.46. The highest BCUT2D eigenvalue weighted by Crippen LogP contribution is 2.40. The molecule has 2 fully saturated rings. The smallest absolute Gasteiger partial charge is 0.101 e. The molecule has 0 spiro atoms. The van der Waals surface area contributed by atoms with Gasteiger partial charge in [0.05, 0.1) is 11.3 Å². The highest BCUT2D eigenvalue weighted by molar-refractivity contribution is 5.62. The molecule has 2 atom stereocenters. The van der Waals surface area contributed by atoms with Crippen LogP contribution < -0.4 is 10.6 Å². The van der Waals surface area contributed by atoms with Crippen LogP contribution in [0.15, 0.2) is 18.2 Å². The Morgan fingerprint density at radius 3 is 2.56 bits per heavy atom. The van der Waals surface area contributed by atoms with E-state index in [-0.39, 0.29) is 0 Å². The van der Waals surface area contributed by atoms with E-state index in [0.29, 0.717) is 18.1 Å². The summed E-state index contributed by atoms with van der Waals surface area (Å²) in [7, 11) is 0. The van der Waals surface area contributed by atoms with Crippen LogP contribution in [0, 0.1) is 18.3 Å². The van der Waals surface area contributed by atoms with E-state index in [4.69, 9.17) is 5.73 Å². The second-order valence-corrected chi connectivity index (χ2v) is 5.66. The van der Waals surface area contributed by atoms with E-state index in [1.807, 2.05) is 13.0 Å². The SMILES string of the molecule is Cc1ccc(N2C3CCC2CC(N)C3)c(C#N)c1. The zero-order chi connectivity index (χ0) is 12.7. The lowest BCUT2D eigenvalue weighted by atomic mass is 9.96. The van der Waals surface area contributed by atoms with Crippen LogP contribution in [0.1, 0.15) is 36.8 Å². The Hall–Kier alpha value is -1.53. The van der Waals surface area contributed by atoms with Gasteiger partial charge in [-0.05, 0) is 50.3 Å². The molecule has 2 aliphatic rings. The zero-order valence-corrected chi connectivity index (χ0v) is 10.8. The molecular weight excluding hydrogens is 222 g/mol. The third-order valence-electron chi connectivity index (χ3n) is 4.32. The maximum Gasteiger partial charge on any atom is 0.101 e. The molecule has 0 aliphatic carbocycles. The van der Waals surface area contributed by atoms with Crippen LogP contribution in [0.3, 0.4) is 0 Å². The summed E-state index contributed by atoms with van der Waals surface area (Å²) in [5.41, 5.74) is 9.17. The summed E-state index contributed by atoms with van der Waals surface area (Å²) >= 11 is 0. The molecule has 18 heavy (non-hydrogen) atoms. The lowest BCUT2D eigenvalue weighted by Crippen LogP contribution is -2.47. The maximum atomic E-state index is 9.32. The quantitative estimate of drug-likeness (QED) is 0.821. The number of nitrogens with zero attached hydrogens (tertiary/aromatic N) is 2. The minimum Gasteiger partial charge on any atom is -0.364 e. The second kappa shape index (κ2) is 4.29. The number of piperidine rings is 1. The predicted molar refractivity (Wildman–Crippen MR) is 72.4 cm³/mol. The highest BCUT2D eigenvalue weighted by Gasteiger charge is 2.40. The van der Waals surface area contributed by atoms with Gasteiger partial charge in [-0.2, -0.15) is 5.26 Å². The normalized spacial score (nSPS) is 30.3. The number of benzene rings is 1. The van der Waals surface area contributed by atoms with Crippen LogP contribution in [-0.4, -0.2) is 18.1 Å². The number of anilines is 1. The predicted octanol–water partition coefficient (Wildman–Crippen LogP) is 2.33. The van der Waals surface area contributed by atoms with Gasteiger partial charge in [0.25, 0.3) is 0 Å². The number of nitrogens with two attached hydrogens (primary N) is 1. The Balaban J connectivity index is 1.99. The van der Waals surface area contributed by atoms with Crippen molar-refractivity contribution >= 4 is 5.69 Å². The van der Waals surface area contributed by atoms with Crippen LogP contribution in [0.4, 0.5) is 5.69 Å². The lowest BCUT2D eigenvalue weighted by Gasteiger charge is -2.40. The van der Waals surface area contributed by atoms with E-state index in [1.165, 1.54) is 12.8 Å². The molecule has 1 aromatic rings. The van der Waals surface area contributed by atoms with Crippen molar-refractivity contribution < 1.29 is 0 Å². The van der Waals surface area contributed by atoms with Crippen LogP contribution in [0.5, 0.6) is 0 Å². The van der Waals surface area contributed by atoms with Crippen molar-refractivity contribution in [3.8, 4) is 6.07 Å². The number of aryl methyl sites for hydroxylation is 1. The monoisotopic (exact) mass is 241 g/mol. The van der Waals surface area contributed by atoms with Crippen LogP contribution in [0.25, 0.3) is 0 Å². The van der Waals surface area contributed by atoms with E-state index in [2.05, 4.69) is 23.1 Å². The molecule has 0 radical (unpaired) electrons. The molecule has 2 unspecified atom stereocenters. The molecule has 1 aromatic carbocycles. The van der Waals surface area contributed by atoms with Crippen LogP contribution in [0.2, 0.25) is 0 Å². The molecule has 2 heterocycles. The fraction of sp³-hybridized carbons (Fsp3) is 0.533. The van der Waals surface area contributed by atoms with E-state index < -0.39 is 0 Å². The highest BCUT2D eigenvalue weighted by atomic mass is 15.2. The molecule has 0 amide bonds. The van der Waals surface area contributed by atoms with Gasteiger partial charge in [-0.1, -0.05) is 6.07 Å². The van der Waals surface area contributed by atoms with Crippen LogP contribution in [-0.2, 0) is 0 Å². The molecule has 3 heteroatoms. The third-order valence-corrected chi connectivity index (χ3v) is 4.32. The summed E-state index contributed by atoms with van der Waals surface area (Å²) in [6.45, 7) is 2.03. The first-order chi connectivity index (χ1) is 8.69. The Labute approximate surface area is 108 Å². The van der Waals surface area contributed by atoms with Gasteiger partial charge in [0.1, 0.15) is 6.07 Å². The Morgan fingerprint density at radius 2 is 1.94 bits per heavy atom. The van der Waals surface area contributed by atoms with E-state index in [0.717, 1.165) is 29.7 Å². The minimum atomic E-state index is 0.342. The average molecular weight is 241 g/mol. The van der Waals surface area contributed by atoms with Crippen molar-refractivity contribution in [3.63, 3.8) is 0 Å². The number of hydrogen-bond acceptors (Lipinski definition) is 3. The fourth-order valence-electron chi connectivity index (χ4n) is 3.58. The van der Waals surface area contributed by atoms with E-state index in [1.54, 1.807) is 0 Å². The van der Waals surface area contributed by atoms with Gasteiger partial charge in [0.15, 0.2) is 0 Å². The van der Waals surface area contributed by atoms with Gasteiger partial charge >= 0.3 is 0 Å². The third kappa shape index (κ3) is 1.77. The molecule has 94 valence electrons. The molecule has 3 rings (SSSR count). The average Bonchev–Trinajstić information content (AvgIpc) is 2.62.